The Morgan fingerprint density at radius 2 is 1.90 bits per heavy atom. The van der Waals surface area contributed by atoms with Crippen molar-refractivity contribution in [2.45, 2.75) is 37.8 Å². The Balaban J connectivity index is 1.49. The fourth-order valence-electron chi connectivity index (χ4n) is 3.47. The molecule has 6 nitrogen and oxygen atoms in total. The number of nitrogens with one attached hydrogen (secondary N) is 1. The standard InChI is InChI=1S/C23H24N2O4S2/c1-16(2)29-20-8-6-19(7-9-20)24-23(26)17-4-3-5-21(14-17)31(27,28)25-12-10-22-18(15-25)11-13-30-22/h3-9,11,13-14,16H,10,12,15H2,1-2H3,(H,24,26). The Kier molecular flexibility index (Phi) is 6.13. The molecule has 1 N–H and O–H groups in total. The number of benzene rings is 2. The molecule has 1 amide bonds. The largest absolute Gasteiger partial charge is 0.491 e. The van der Waals surface area contributed by atoms with Crippen LogP contribution < -0.4 is 10.1 Å². The van der Waals surface area contributed by atoms with Gasteiger partial charge in [-0.1, -0.05) is 6.07 Å². The molecule has 1 aliphatic rings. The van der Waals surface area contributed by atoms with Crippen LogP contribution >= 0.6 is 11.3 Å². The number of anilines is 1. The van der Waals surface area contributed by atoms with Crippen LogP contribution in [0.1, 0.15) is 34.6 Å². The van der Waals surface area contributed by atoms with E-state index in [1.165, 1.54) is 21.3 Å². The smallest absolute Gasteiger partial charge is 0.255 e. The molecule has 0 spiro atoms. The minimum atomic E-state index is -3.69. The molecule has 4 rings (SSSR count). The molecule has 0 radical (unpaired) electrons. The number of ether oxygens (including phenoxy) is 1. The molecule has 0 saturated heterocycles. The van der Waals surface area contributed by atoms with E-state index in [4.69, 9.17) is 4.74 Å². The summed E-state index contributed by atoms with van der Waals surface area (Å²) in [5, 5.41) is 4.80. The van der Waals surface area contributed by atoms with E-state index in [2.05, 4.69) is 5.32 Å². The summed E-state index contributed by atoms with van der Waals surface area (Å²) in [5.41, 5.74) is 1.95. The van der Waals surface area contributed by atoms with Gasteiger partial charge in [0.1, 0.15) is 5.75 Å². The molecule has 162 valence electrons. The maximum atomic E-state index is 13.2. The van der Waals surface area contributed by atoms with E-state index >= 15 is 0 Å². The third-order valence-electron chi connectivity index (χ3n) is 4.99. The van der Waals surface area contributed by atoms with Gasteiger partial charge in [0.15, 0.2) is 0 Å². The van der Waals surface area contributed by atoms with E-state index in [0.717, 1.165) is 11.3 Å². The Bertz CT molecular complexity index is 1180. The zero-order valence-electron chi connectivity index (χ0n) is 17.4. The molecule has 1 aliphatic heterocycles. The molecule has 0 bridgehead atoms. The van der Waals surface area contributed by atoms with Crippen LogP contribution in [0.2, 0.25) is 0 Å². The van der Waals surface area contributed by atoms with Crippen molar-refractivity contribution in [3.63, 3.8) is 0 Å². The molecular weight excluding hydrogens is 432 g/mol. The first kappa shape index (κ1) is 21.5. The normalized spacial score (nSPS) is 14.3. The molecule has 0 unspecified atom stereocenters. The summed E-state index contributed by atoms with van der Waals surface area (Å²) in [5.74, 6) is 0.352. The number of carbonyl (C=O) groups excluding carboxylic acids is 1. The van der Waals surface area contributed by atoms with E-state index in [0.29, 0.717) is 25.2 Å². The van der Waals surface area contributed by atoms with Gasteiger partial charge in [0.05, 0.1) is 11.0 Å². The quantitative estimate of drug-likeness (QED) is 0.591. The second kappa shape index (κ2) is 8.82. The third-order valence-corrected chi connectivity index (χ3v) is 7.85. The Morgan fingerprint density at radius 3 is 2.65 bits per heavy atom. The number of hydrogen-bond acceptors (Lipinski definition) is 5. The highest BCUT2D eigenvalue weighted by Crippen LogP contribution is 2.28. The number of carbonyl (C=O) groups is 1. The van der Waals surface area contributed by atoms with Crippen LogP contribution in [0.25, 0.3) is 0 Å². The van der Waals surface area contributed by atoms with Gasteiger partial charge in [0.25, 0.3) is 5.91 Å². The van der Waals surface area contributed by atoms with Crippen LogP contribution in [0.15, 0.2) is 64.9 Å². The Labute approximate surface area is 186 Å². The first-order chi connectivity index (χ1) is 14.8. The number of amides is 1. The Morgan fingerprint density at radius 1 is 1.13 bits per heavy atom. The maximum absolute atomic E-state index is 13.2. The molecule has 0 fully saturated rings. The highest BCUT2D eigenvalue weighted by molar-refractivity contribution is 7.89. The maximum Gasteiger partial charge on any atom is 0.255 e. The predicted octanol–water partition coefficient (Wildman–Crippen LogP) is 4.53. The summed E-state index contributed by atoms with van der Waals surface area (Å²) in [6.07, 6.45) is 0.777. The summed E-state index contributed by atoms with van der Waals surface area (Å²) in [6.45, 7) is 4.69. The molecule has 31 heavy (non-hydrogen) atoms. The fraction of sp³-hybridized carbons (Fsp3) is 0.261. The summed E-state index contributed by atoms with van der Waals surface area (Å²) in [7, 11) is -3.69. The highest BCUT2D eigenvalue weighted by atomic mass is 32.2. The van der Waals surface area contributed by atoms with Gasteiger partial charge in [-0.15, -0.1) is 11.3 Å². The monoisotopic (exact) mass is 456 g/mol. The molecule has 0 saturated carbocycles. The predicted molar refractivity (Wildman–Crippen MR) is 122 cm³/mol. The van der Waals surface area contributed by atoms with Crippen molar-refractivity contribution in [3.05, 3.63) is 76.0 Å². The molecule has 3 aromatic rings. The van der Waals surface area contributed by atoms with Crippen molar-refractivity contribution >= 4 is 33.0 Å². The van der Waals surface area contributed by atoms with Crippen LogP contribution in [0.3, 0.4) is 0 Å². The van der Waals surface area contributed by atoms with Crippen LogP contribution in [0, 0.1) is 0 Å². The summed E-state index contributed by atoms with van der Waals surface area (Å²) < 4.78 is 33.4. The van der Waals surface area contributed by atoms with Crippen LogP contribution in [0.5, 0.6) is 5.75 Å². The van der Waals surface area contributed by atoms with Gasteiger partial charge in [0.2, 0.25) is 10.0 Å². The molecule has 8 heteroatoms. The van der Waals surface area contributed by atoms with Gasteiger partial charge < -0.3 is 10.1 Å². The lowest BCUT2D eigenvalue weighted by molar-refractivity contribution is 0.102. The third kappa shape index (κ3) is 4.81. The van der Waals surface area contributed by atoms with Gasteiger partial charge in [0, 0.05) is 29.2 Å². The van der Waals surface area contributed by atoms with E-state index in [1.807, 2.05) is 25.3 Å². The summed E-state index contributed by atoms with van der Waals surface area (Å²) in [4.78, 5) is 14.1. The van der Waals surface area contributed by atoms with E-state index in [1.54, 1.807) is 47.7 Å². The molecule has 0 atom stereocenters. The number of hydrogen-bond donors (Lipinski definition) is 1. The topological polar surface area (TPSA) is 75.7 Å². The zero-order valence-corrected chi connectivity index (χ0v) is 19.0. The lowest BCUT2D eigenvalue weighted by atomic mass is 10.1. The van der Waals surface area contributed by atoms with Crippen LogP contribution in [-0.2, 0) is 23.0 Å². The lowest BCUT2D eigenvalue weighted by Crippen LogP contribution is -2.35. The van der Waals surface area contributed by atoms with Crippen molar-refractivity contribution in [2.75, 3.05) is 11.9 Å². The fourth-order valence-corrected chi connectivity index (χ4v) is 5.82. The van der Waals surface area contributed by atoms with Crippen molar-refractivity contribution in [3.8, 4) is 5.75 Å². The second-order valence-corrected chi connectivity index (χ2v) is 10.6. The first-order valence-corrected chi connectivity index (χ1v) is 12.4. The zero-order chi connectivity index (χ0) is 22.0. The van der Waals surface area contributed by atoms with Crippen molar-refractivity contribution in [1.82, 2.24) is 4.31 Å². The summed E-state index contributed by atoms with van der Waals surface area (Å²) in [6, 6.07) is 15.2. The van der Waals surface area contributed by atoms with Gasteiger partial charge in [-0.2, -0.15) is 4.31 Å². The molecule has 1 aromatic heterocycles. The SMILES string of the molecule is CC(C)Oc1ccc(NC(=O)c2cccc(S(=O)(=O)N3CCc4sccc4C3)c2)cc1. The lowest BCUT2D eigenvalue weighted by Gasteiger charge is -2.26. The average molecular weight is 457 g/mol. The average Bonchev–Trinajstić information content (AvgIpc) is 3.23. The van der Waals surface area contributed by atoms with Gasteiger partial charge in [-0.05, 0) is 79.7 Å². The van der Waals surface area contributed by atoms with E-state index in [9.17, 15) is 13.2 Å². The number of nitrogens with zero attached hydrogens (tertiary/aromatic N) is 1. The minimum Gasteiger partial charge on any atom is -0.491 e. The Hall–Kier alpha value is -2.68. The molecule has 2 aromatic carbocycles. The molecule has 2 heterocycles. The molecule has 0 aliphatic carbocycles. The number of fused-ring (bicyclic) bond motifs is 1. The summed E-state index contributed by atoms with van der Waals surface area (Å²) >= 11 is 1.66. The van der Waals surface area contributed by atoms with Gasteiger partial charge >= 0.3 is 0 Å². The van der Waals surface area contributed by atoms with Gasteiger partial charge in [-0.3, -0.25) is 4.79 Å². The van der Waals surface area contributed by atoms with Crippen molar-refractivity contribution < 1.29 is 17.9 Å². The highest BCUT2D eigenvalue weighted by Gasteiger charge is 2.29. The number of rotatable bonds is 6. The second-order valence-electron chi connectivity index (χ2n) is 7.63. The van der Waals surface area contributed by atoms with Crippen molar-refractivity contribution in [2.24, 2.45) is 0 Å². The number of thiophene rings is 1. The van der Waals surface area contributed by atoms with Crippen LogP contribution in [-0.4, -0.2) is 31.3 Å². The van der Waals surface area contributed by atoms with E-state index in [-0.39, 0.29) is 22.5 Å². The first-order valence-electron chi connectivity index (χ1n) is 10.1. The van der Waals surface area contributed by atoms with E-state index < -0.39 is 10.0 Å². The number of sulfonamides is 1. The van der Waals surface area contributed by atoms with Gasteiger partial charge in [-0.25, -0.2) is 8.42 Å². The van der Waals surface area contributed by atoms with Crippen LogP contribution in [0.4, 0.5) is 5.69 Å². The molecular formula is C23H24N2O4S2. The minimum absolute atomic E-state index is 0.0661. The van der Waals surface area contributed by atoms with Crippen molar-refractivity contribution in [1.29, 1.82) is 0 Å².